The van der Waals surface area contributed by atoms with Crippen molar-refractivity contribution in [3.63, 3.8) is 0 Å². The van der Waals surface area contributed by atoms with Crippen molar-refractivity contribution in [2.24, 2.45) is 0 Å². The minimum atomic E-state index is -0.159. The standard InChI is InChI=1S/C12H18FNS/c1-9-6-12(13)5-4-11(9)7-14-10(2)8-15-3/h4-6,10,14H,7-8H2,1-3H3. The minimum Gasteiger partial charge on any atom is -0.309 e. The number of halogens is 1. The Hall–Kier alpha value is -0.540. The summed E-state index contributed by atoms with van der Waals surface area (Å²) in [7, 11) is 0. The van der Waals surface area contributed by atoms with E-state index in [0.29, 0.717) is 6.04 Å². The molecule has 15 heavy (non-hydrogen) atoms. The Labute approximate surface area is 95.5 Å². The highest BCUT2D eigenvalue weighted by Crippen LogP contribution is 2.10. The largest absolute Gasteiger partial charge is 0.309 e. The molecule has 1 aromatic carbocycles. The zero-order chi connectivity index (χ0) is 11.3. The summed E-state index contributed by atoms with van der Waals surface area (Å²) in [6, 6.07) is 5.44. The first-order chi connectivity index (χ1) is 7.13. The maximum absolute atomic E-state index is 12.8. The lowest BCUT2D eigenvalue weighted by molar-refractivity contribution is 0.590. The predicted molar refractivity (Wildman–Crippen MR) is 65.8 cm³/mol. The fourth-order valence-corrected chi connectivity index (χ4v) is 2.07. The second-order valence-electron chi connectivity index (χ2n) is 3.81. The average molecular weight is 227 g/mol. The van der Waals surface area contributed by atoms with Crippen LogP contribution >= 0.6 is 11.8 Å². The van der Waals surface area contributed by atoms with E-state index < -0.39 is 0 Å². The Morgan fingerprint density at radius 1 is 1.47 bits per heavy atom. The zero-order valence-corrected chi connectivity index (χ0v) is 10.3. The van der Waals surface area contributed by atoms with Crippen LogP contribution in [0.15, 0.2) is 18.2 Å². The van der Waals surface area contributed by atoms with Crippen LogP contribution in [0.4, 0.5) is 4.39 Å². The van der Waals surface area contributed by atoms with E-state index in [-0.39, 0.29) is 5.82 Å². The number of benzene rings is 1. The first-order valence-corrected chi connectivity index (χ1v) is 6.50. The van der Waals surface area contributed by atoms with Gasteiger partial charge in [-0.25, -0.2) is 4.39 Å². The molecule has 0 aromatic heterocycles. The summed E-state index contributed by atoms with van der Waals surface area (Å²) >= 11 is 1.83. The van der Waals surface area contributed by atoms with Crippen LogP contribution in [0, 0.1) is 12.7 Å². The third-order valence-electron chi connectivity index (χ3n) is 2.36. The van der Waals surface area contributed by atoms with Crippen molar-refractivity contribution in [2.75, 3.05) is 12.0 Å². The average Bonchev–Trinajstić information content (AvgIpc) is 2.17. The van der Waals surface area contributed by atoms with Crippen LogP contribution in [0.5, 0.6) is 0 Å². The number of rotatable bonds is 5. The normalized spacial score (nSPS) is 12.8. The van der Waals surface area contributed by atoms with Crippen molar-refractivity contribution < 1.29 is 4.39 Å². The summed E-state index contributed by atoms with van der Waals surface area (Å²) < 4.78 is 12.8. The second-order valence-corrected chi connectivity index (χ2v) is 4.72. The molecule has 0 saturated carbocycles. The number of nitrogens with one attached hydrogen (secondary N) is 1. The molecule has 0 saturated heterocycles. The van der Waals surface area contributed by atoms with E-state index in [2.05, 4.69) is 18.5 Å². The highest BCUT2D eigenvalue weighted by molar-refractivity contribution is 7.98. The van der Waals surface area contributed by atoms with E-state index in [1.165, 1.54) is 11.6 Å². The molecule has 0 radical (unpaired) electrons. The van der Waals surface area contributed by atoms with Crippen molar-refractivity contribution in [3.8, 4) is 0 Å². The van der Waals surface area contributed by atoms with Gasteiger partial charge in [0, 0.05) is 18.3 Å². The van der Waals surface area contributed by atoms with Gasteiger partial charge in [-0.1, -0.05) is 6.07 Å². The molecular formula is C12H18FNS. The van der Waals surface area contributed by atoms with E-state index in [0.717, 1.165) is 17.9 Å². The van der Waals surface area contributed by atoms with Gasteiger partial charge in [-0.05, 0) is 43.4 Å². The van der Waals surface area contributed by atoms with Crippen LogP contribution in [-0.2, 0) is 6.54 Å². The lowest BCUT2D eigenvalue weighted by atomic mass is 10.1. The summed E-state index contributed by atoms with van der Waals surface area (Å²) in [5.74, 6) is 0.939. The van der Waals surface area contributed by atoms with Gasteiger partial charge in [-0.3, -0.25) is 0 Å². The minimum absolute atomic E-state index is 0.159. The van der Waals surface area contributed by atoms with Gasteiger partial charge in [-0.2, -0.15) is 11.8 Å². The molecule has 1 rings (SSSR count). The smallest absolute Gasteiger partial charge is 0.123 e. The second kappa shape index (κ2) is 6.13. The first kappa shape index (κ1) is 12.5. The molecule has 0 heterocycles. The molecule has 1 unspecified atom stereocenters. The highest BCUT2D eigenvalue weighted by Gasteiger charge is 2.03. The maximum atomic E-state index is 12.8. The van der Waals surface area contributed by atoms with Gasteiger partial charge in [0.05, 0.1) is 0 Å². The van der Waals surface area contributed by atoms with E-state index in [9.17, 15) is 4.39 Å². The van der Waals surface area contributed by atoms with Crippen LogP contribution in [0.25, 0.3) is 0 Å². The van der Waals surface area contributed by atoms with Crippen LogP contribution in [0.2, 0.25) is 0 Å². The van der Waals surface area contributed by atoms with Gasteiger partial charge in [-0.15, -0.1) is 0 Å². The molecule has 1 aromatic rings. The van der Waals surface area contributed by atoms with E-state index in [1.807, 2.05) is 24.8 Å². The third kappa shape index (κ3) is 4.22. The Balaban J connectivity index is 2.50. The van der Waals surface area contributed by atoms with Crippen molar-refractivity contribution in [1.82, 2.24) is 5.32 Å². The monoisotopic (exact) mass is 227 g/mol. The molecule has 0 aliphatic carbocycles. The summed E-state index contributed by atoms with van der Waals surface area (Å²) in [6.07, 6.45) is 2.10. The molecule has 1 nitrogen and oxygen atoms in total. The Bertz CT molecular complexity index is 314. The van der Waals surface area contributed by atoms with Crippen LogP contribution in [0.1, 0.15) is 18.1 Å². The number of thioether (sulfide) groups is 1. The van der Waals surface area contributed by atoms with Crippen LogP contribution in [0.3, 0.4) is 0 Å². The molecule has 0 spiro atoms. The number of aryl methyl sites for hydroxylation is 1. The molecule has 0 amide bonds. The Kier molecular flexibility index (Phi) is 5.12. The van der Waals surface area contributed by atoms with Crippen molar-refractivity contribution in [3.05, 3.63) is 35.1 Å². The molecule has 1 atom stereocenters. The van der Waals surface area contributed by atoms with Gasteiger partial charge in [0.1, 0.15) is 5.82 Å². The topological polar surface area (TPSA) is 12.0 Å². The van der Waals surface area contributed by atoms with Gasteiger partial charge < -0.3 is 5.32 Å². The summed E-state index contributed by atoms with van der Waals surface area (Å²) in [5, 5.41) is 3.42. The molecule has 0 aliphatic rings. The van der Waals surface area contributed by atoms with Crippen LogP contribution < -0.4 is 5.32 Å². The maximum Gasteiger partial charge on any atom is 0.123 e. The Morgan fingerprint density at radius 3 is 2.80 bits per heavy atom. The third-order valence-corrected chi connectivity index (χ3v) is 3.20. The molecule has 0 aliphatic heterocycles. The summed E-state index contributed by atoms with van der Waals surface area (Å²) in [6.45, 7) is 4.92. The predicted octanol–water partition coefficient (Wildman–Crippen LogP) is 2.98. The van der Waals surface area contributed by atoms with Crippen molar-refractivity contribution >= 4 is 11.8 Å². The SMILES string of the molecule is CSCC(C)NCc1ccc(F)cc1C. The zero-order valence-electron chi connectivity index (χ0n) is 9.51. The molecule has 1 N–H and O–H groups in total. The molecular weight excluding hydrogens is 209 g/mol. The lowest BCUT2D eigenvalue weighted by Crippen LogP contribution is -2.27. The molecule has 0 bridgehead atoms. The Morgan fingerprint density at radius 2 is 2.20 bits per heavy atom. The quantitative estimate of drug-likeness (QED) is 0.830. The molecule has 84 valence electrons. The summed E-state index contributed by atoms with van der Waals surface area (Å²) in [5.41, 5.74) is 2.18. The van der Waals surface area contributed by atoms with Crippen molar-refractivity contribution in [2.45, 2.75) is 26.4 Å². The van der Waals surface area contributed by atoms with Gasteiger partial charge in [0.15, 0.2) is 0 Å². The number of hydrogen-bond donors (Lipinski definition) is 1. The summed E-state index contributed by atoms with van der Waals surface area (Å²) in [4.78, 5) is 0. The van der Waals surface area contributed by atoms with Gasteiger partial charge >= 0.3 is 0 Å². The lowest BCUT2D eigenvalue weighted by Gasteiger charge is -2.13. The number of hydrogen-bond acceptors (Lipinski definition) is 2. The van der Waals surface area contributed by atoms with E-state index >= 15 is 0 Å². The molecule has 3 heteroatoms. The fraction of sp³-hybridized carbons (Fsp3) is 0.500. The van der Waals surface area contributed by atoms with Gasteiger partial charge in [0.2, 0.25) is 0 Å². The highest BCUT2D eigenvalue weighted by atomic mass is 32.2. The fourth-order valence-electron chi connectivity index (χ4n) is 1.45. The van der Waals surface area contributed by atoms with Crippen molar-refractivity contribution in [1.29, 1.82) is 0 Å². The van der Waals surface area contributed by atoms with Crippen LogP contribution in [-0.4, -0.2) is 18.1 Å². The van der Waals surface area contributed by atoms with Gasteiger partial charge in [0.25, 0.3) is 0 Å². The molecule has 0 fully saturated rings. The first-order valence-electron chi connectivity index (χ1n) is 5.11. The van der Waals surface area contributed by atoms with E-state index in [4.69, 9.17) is 0 Å². The van der Waals surface area contributed by atoms with E-state index in [1.54, 1.807) is 6.07 Å².